The van der Waals surface area contributed by atoms with E-state index < -0.39 is 0 Å². The Hall–Kier alpha value is -0.830. The van der Waals surface area contributed by atoms with Crippen molar-refractivity contribution in [1.29, 1.82) is 0 Å². The van der Waals surface area contributed by atoms with E-state index in [1.54, 1.807) is 0 Å². The van der Waals surface area contributed by atoms with Crippen molar-refractivity contribution in [3.63, 3.8) is 0 Å². The summed E-state index contributed by atoms with van der Waals surface area (Å²) in [6, 6.07) is 0. The predicted octanol–water partition coefficient (Wildman–Crippen LogP) is 2.94. The Morgan fingerprint density at radius 3 is 2.47 bits per heavy atom. The van der Waals surface area contributed by atoms with Gasteiger partial charge in [0, 0.05) is 18.5 Å². The van der Waals surface area contributed by atoms with Crippen molar-refractivity contribution in [2.75, 3.05) is 18.0 Å². The van der Waals surface area contributed by atoms with Crippen molar-refractivity contribution >= 4 is 17.4 Å². The number of hydrogen-bond acceptors (Lipinski definition) is 3. The van der Waals surface area contributed by atoms with Gasteiger partial charge in [-0.2, -0.15) is 0 Å². The van der Waals surface area contributed by atoms with Gasteiger partial charge in [-0.3, -0.25) is 4.98 Å². The number of hydrogen-bond donors (Lipinski definition) is 0. The van der Waals surface area contributed by atoms with Crippen LogP contribution >= 0.6 is 11.6 Å². The first kappa shape index (κ1) is 12.6. The van der Waals surface area contributed by atoms with Crippen LogP contribution in [0.15, 0.2) is 6.20 Å². The summed E-state index contributed by atoms with van der Waals surface area (Å²) in [5.41, 5.74) is 2.04. The predicted molar refractivity (Wildman–Crippen MR) is 71.8 cm³/mol. The van der Waals surface area contributed by atoms with Crippen molar-refractivity contribution in [2.45, 2.75) is 39.0 Å². The molecular formula is C13H20ClN3. The third kappa shape index (κ3) is 2.89. The second-order valence-electron chi connectivity index (χ2n) is 4.90. The van der Waals surface area contributed by atoms with Crippen molar-refractivity contribution in [3.8, 4) is 0 Å². The van der Waals surface area contributed by atoms with Crippen LogP contribution in [0.1, 0.15) is 31.2 Å². The van der Waals surface area contributed by atoms with Gasteiger partial charge < -0.3 is 4.90 Å². The number of piperidine rings is 1. The van der Waals surface area contributed by atoms with Crippen LogP contribution in [0.25, 0.3) is 0 Å². The summed E-state index contributed by atoms with van der Waals surface area (Å²) in [6.07, 6.45) is 4.19. The quantitative estimate of drug-likeness (QED) is 0.759. The van der Waals surface area contributed by atoms with E-state index in [1.165, 1.54) is 0 Å². The minimum atomic E-state index is 0.281. The van der Waals surface area contributed by atoms with Crippen LogP contribution in [0.4, 0.5) is 5.82 Å². The first-order valence-electron chi connectivity index (χ1n) is 6.27. The minimum Gasteiger partial charge on any atom is -0.355 e. The van der Waals surface area contributed by atoms with E-state index in [-0.39, 0.29) is 5.38 Å². The molecule has 1 aromatic heterocycles. The van der Waals surface area contributed by atoms with E-state index in [0.717, 1.165) is 43.1 Å². The number of halogens is 1. The summed E-state index contributed by atoms with van der Waals surface area (Å²) in [4.78, 5) is 11.3. The lowest BCUT2D eigenvalue weighted by atomic mass is 9.94. The Kier molecular flexibility index (Phi) is 3.87. The number of alkyl halides is 1. The number of nitrogens with zero attached hydrogens (tertiary/aromatic N) is 3. The lowest BCUT2D eigenvalue weighted by molar-refractivity contribution is 0.398. The van der Waals surface area contributed by atoms with E-state index in [4.69, 9.17) is 11.6 Å². The van der Waals surface area contributed by atoms with Gasteiger partial charge in [0.15, 0.2) is 0 Å². The maximum absolute atomic E-state index is 6.15. The Morgan fingerprint density at radius 1 is 1.29 bits per heavy atom. The summed E-state index contributed by atoms with van der Waals surface area (Å²) in [7, 11) is 0. The van der Waals surface area contributed by atoms with Gasteiger partial charge in [-0.1, -0.05) is 0 Å². The zero-order valence-electron chi connectivity index (χ0n) is 10.8. The molecule has 0 aliphatic carbocycles. The second-order valence-corrected chi connectivity index (χ2v) is 5.59. The molecule has 1 aromatic rings. The van der Waals surface area contributed by atoms with Crippen LogP contribution in [0.3, 0.4) is 0 Å². The molecule has 0 bridgehead atoms. The van der Waals surface area contributed by atoms with Crippen molar-refractivity contribution < 1.29 is 0 Å². The molecule has 1 saturated heterocycles. The zero-order valence-corrected chi connectivity index (χ0v) is 11.5. The average molecular weight is 254 g/mol. The fourth-order valence-electron chi connectivity index (χ4n) is 2.27. The molecule has 0 saturated carbocycles. The summed E-state index contributed by atoms with van der Waals surface area (Å²) < 4.78 is 0. The van der Waals surface area contributed by atoms with E-state index in [1.807, 2.05) is 20.0 Å². The van der Waals surface area contributed by atoms with Crippen molar-refractivity contribution in [3.05, 3.63) is 17.6 Å². The van der Waals surface area contributed by atoms with E-state index in [9.17, 15) is 0 Å². The maximum Gasteiger partial charge on any atom is 0.147 e. The van der Waals surface area contributed by atoms with Crippen LogP contribution in [0.2, 0.25) is 0 Å². The molecule has 0 aromatic carbocycles. The van der Waals surface area contributed by atoms with Gasteiger partial charge in [0.05, 0.1) is 17.6 Å². The molecule has 0 N–H and O–H groups in total. The number of anilines is 1. The van der Waals surface area contributed by atoms with Gasteiger partial charge in [0.25, 0.3) is 0 Å². The molecule has 1 aliphatic rings. The molecular weight excluding hydrogens is 234 g/mol. The van der Waals surface area contributed by atoms with Crippen LogP contribution in [0.5, 0.6) is 0 Å². The Balaban J connectivity index is 2.03. The number of aryl methyl sites for hydroxylation is 2. The minimum absolute atomic E-state index is 0.281. The van der Waals surface area contributed by atoms with Crippen LogP contribution < -0.4 is 4.90 Å². The molecule has 2 heterocycles. The lowest BCUT2D eigenvalue weighted by Gasteiger charge is -2.33. The molecule has 3 nitrogen and oxygen atoms in total. The fraction of sp³-hybridized carbons (Fsp3) is 0.692. The third-order valence-corrected chi connectivity index (χ3v) is 4.05. The Morgan fingerprint density at radius 2 is 1.94 bits per heavy atom. The molecule has 2 rings (SSSR count). The summed E-state index contributed by atoms with van der Waals surface area (Å²) in [6.45, 7) is 8.18. The molecule has 1 aliphatic heterocycles. The van der Waals surface area contributed by atoms with Gasteiger partial charge in [-0.05, 0) is 39.5 Å². The molecule has 0 spiro atoms. The normalized spacial score (nSPS) is 19.4. The molecule has 1 fully saturated rings. The highest BCUT2D eigenvalue weighted by Crippen LogP contribution is 2.26. The van der Waals surface area contributed by atoms with E-state index in [2.05, 4.69) is 21.8 Å². The molecule has 1 atom stereocenters. The molecule has 0 amide bonds. The zero-order chi connectivity index (χ0) is 12.4. The topological polar surface area (TPSA) is 29.0 Å². The first-order chi connectivity index (χ1) is 8.08. The number of aromatic nitrogens is 2. The van der Waals surface area contributed by atoms with Gasteiger partial charge in [-0.25, -0.2) is 4.98 Å². The number of rotatable bonds is 2. The Labute approximate surface area is 108 Å². The van der Waals surface area contributed by atoms with Crippen LogP contribution in [-0.4, -0.2) is 28.4 Å². The molecule has 0 radical (unpaired) electrons. The smallest absolute Gasteiger partial charge is 0.147 e. The summed E-state index contributed by atoms with van der Waals surface area (Å²) in [5, 5.41) is 0.281. The molecule has 94 valence electrons. The molecule has 17 heavy (non-hydrogen) atoms. The van der Waals surface area contributed by atoms with Gasteiger partial charge in [0.1, 0.15) is 5.82 Å². The highest BCUT2D eigenvalue weighted by molar-refractivity contribution is 6.20. The van der Waals surface area contributed by atoms with Gasteiger partial charge >= 0.3 is 0 Å². The average Bonchev–Trinajstić information content (AvgIpc) is 2.33. The highest BCUT2D eigenvalue weighted by atomic mass is 35.5. The molecule has 4 heteroatoms. The standard InChI is InChI=1S/C13H20ClN3/c1-9(14)12-4-6-17(7-5-12)13-8-15-10(2)11(3)16-13/h8-9,12H,4-7H2,1-3H3. The highest BCUT2D eigenvalue weighted by Gasteiger charge is 2.23. The van der Waals surface area contributed by atoms with Crippen LogP contribution in [0, 0.1) is 19.8 Å². The molecule has 1 unspecified atom stereocenters. The summed E-state index contributed by atoms with van der Waals surface area (Å²) in [5.74, 6) is 1.65. The van der Waals surface area contributed by atoms with E-state index >= 15 is 0 Å². The van der Waals surface area contributed by atoms with Gasteiger partial charge in [-0.15, -0.1) is 11.6 Å². The second kappa shape index (κ2) is 5.21. The third-order valence-electron chi connectivity index (χ3n) is 3.69. The van der Waals surface area contributed by atoms with Gasteiger partial charge in [0.2, 0.25) is 0 Å². The lowest BCUT2D eigenvalue weighted by Crippen LogP contribution is -2.36. The van der Waals surface area contributed by atoms with E-state index in [0.29, 0.717) is 5.92 Å². The largest absolute Gasteiger partial charge is 0.355 e. The maximum atomic E-state index is 6.15. The summed E-state index contributed by atoms with van der Waals surface area (Å²) >= 11 is 6.15. The van der Waals surface area contributed by atoms with Crippen LogP contribution in [-0.2, 0) is 0 Å². The SMILES string of the molecule is Cc1ncc(N2CCC(C(C)Cl)CC2)nc1C. The fourth-order valence-corrected chi connectivity index (χ4v) is 2.52. The Bertz CT molecular complexity index is 384. The van der Waals surface area contributed by atoms with Crippen molar-refractivity contribution in [1.82, 2.24) is 9.97 Å². The first-order valence-corrected chi connectivity index (χ1v) is 6.71. The monoisotopic (exact) mass is 253 g/mol. The van der Waals surface area contributed by atoms with Crippen molar-refractivity contribution in [2.24, 2.45) is 5.92 Å².